The van der Waals surface area contributed by atoms with Gasteiger partial charge in [-0.25, -0.2) is 0 Å². The molecule has 1 aromatic carbocycles. The minimum absolute atomic E-state index is 0. The molecule has 1 fully saturated rings. The molecular formula is C18H22ClIN4O. The van der Waals surface area contributed by atoms with Crippen LogP contribution in [0.5, 0.6) is 5.75 Å². The number of nitrogens with one attached hydrogen (secondary N) is 1. The van der Waals surface area contributed by atoms with Crippen LogP contribution in [0.25, 0.3) is 0 Å². The number of aromatic nitrogens is 1. The average molecular weight is 473 g/mol. The van der Waals surface area contributed by atoms with E-state index in [1.165, 1.54) is 6.42 Å². The highest BCUT2D eigenvalue weighted by atomic mass is 127. The lowest BCUT2D eigenvalue weighted by molar-refractivity contribution is 0.246. The summed E-state index contributed by atoms with van der Waals surface area (Å²) in [5, 5.41) is 3.60. The molecular weight excluding hydrogens is 451 g/mol. The maximum Gasteiger partial charge on any atom is 0.193 e. The molecule has 0 amide bonds. The van der Waals surface area contributed by atoms with E-state index in [1.54, 1.807) is 19.2 Å². The quantitative estimate of drug-likeness (QED) is 0.388. The molecule has 3 N–H and O–H groups in total. The van der Waals surface area contributed by atoms with Crippen molar-refractivity contribution < 1.29 is 4.74 Å². The van der Waals surface area contributed by atoms with Gasteiger partial charge >= 0.3 is 0 Å². The molecule has 7 heteroatoms. The minimum Gasteiger partial charge on any atom is -0.495 e. The maximum absolute atomic E-state index is 6.12. The molecule has 25 heavy (non-hydrogen) atoms. The number of hydrogen-bond acceptors (Lipinski definition) is 3. The van der Waals surface area contributed by atoms with E-state index in [0.29, 0.717) is 23.3 Å². The molecule has 0 spiro atoms. The van der Waals surface area contributed by atoms with Crippen LogP contribution in [0.15, 0.2) is 47.6 Å². The third kappa shape index (κ3) is 4.55. The van der Waals surface area contributed by atoms with E-state index in [1.807, 2.05) is 24.4 Å². The van der Waals surface area contributed by atoms with Gasteiger partial charge in [0.2, 0.25) is 0 Å². The van der Waals surface area contributed by atoms with E-state index < -0.39 is 0 Å². The summed E-state index contributed by atoms with van der Waals surface area (Å²) in [6.45, 7) is 0.632. The Morgan fingerprint density at radius 2 is 2.16 bits per heavy atom. The lowest BCUT2D eigenvalue weighted by atomic mass is 9.66. The van der Waals surface area contributed by atoms with Gasteiger partial charge < -0.3 is 15.8 Å². The van der Waals surface area contributed by atoms with Gasteiger partial charge in [-0.2, -0.15) is 0 Å². The number of methoxy groups -OCH3 is 1. The molecule has 2 aromatic rings. The highest BCUT2D eigenvalue weighted by molar-refractivity contribution is 14.0. The van der Waals surface area contributed by atoms with Gasteiger partial charge in [0, 0.05) is 23.0 Å². The minimum atomic E-state index is 0. The zero-order chi connectivity index (χ0) is 17.0. The topological polar surface area (TPSA) is 72.5 Å². The van der Waals surface area contributed by atoms with E-state index >= 15 is 0 Å². The second-order valence-corrected chi connectivity index (χ2v) is 6.43. The number of nitrogens with zero attached hydrogens (tertiary/aromatic N) is 2. The van der Waals surface area contributed by atoms with Gasteiger partial charge in [0.15, 0.2) is 5.96 Å². The number of aliphatic imine (C=N–C) groups is 1. The predicted molar refractivity (Wildman–Crippen MR) is 113 cm³/mol. The normalized spacial score (nSPS) is 15.7. The van der Waals surface area contributed by atoms with Crippen molar-refractivity contribution in [3.63, 3.8) is 0 Å². The summed E-state index contributed by atoms with van der Waals surface area (Å²) in [5.41, 5.74) is 7.93. The lowest BCUT2D eigenvalue weighted by Crippen LogP contribution is -2.39. The monoisotopic (exact) mass is 472 g/mol. The number of halogens is 2. The van der Waals surface area contributed by atoms with E-state index in [-0.39, 0.29) is 29.4 Å². The first kappa shape index (κ1) is 19.8. The molecule has 1 aliphatic carbocycles. The summed E-state index contributed by atoms with van der Waals surface area (Å²) in [4.78, 5) is 9.03. The third-order valence-corrected chi connectivity index (χ3v) is 4.79. The van der Waals surface area contributed by atoms with Gasteiger partial charge in [0.1, 0.15) is 5.75 Å². The maximum atomic E-state index is 6.12. The second kappa shape index (κ2) is 8.71. The summed E-state index contributed by atoms with van der Waals surface area (Å²) in [6.07, 6.45) is 5.22. The van der Waals surface area contributed by atoms with Crippen molar-refractivity contribution >= 4 is 47.2 Å². The first-order valence-corrected chi connectivity index (χ1v) is 8.33. The molecule has 0 bridgehead atoms. The molecule has 134 valence electrons. The molecule has 1 aliphatic rings. The van der Waals surface area contributed by atoms with Crippen LogP contribution < -0.4 is 15.8 Å². The summed E-state index contributed by atoms with van der Waals surface area (Å²) in [5.74, 6) is 1.000. The van der Waals surface area contributed by atoms with Gasteiger partial charge in [-0.05, 0) is 43.2 Å². The Kier molecular flexibility index (Phi) is 6.89. The summed E-state index contributed by atoms with van der Waals surface area (Å²) < 4.78 is 5.14. The van der Waals surface area contributed by atoms with Crippen LogP contribution in [0, 0.1) is 0 Å². The number of hydrogen-bond donors (Lipinski definition) is 2. The fourth-order valence-electron chi connectivity index (χ4n) is 2.94. The third-order valence-electron chi connectivity index (χ3n) is 4.50. The van der Waals surface area contributed by atoms with Crippen LogP contribution in [-0.2, 0) is 5.41 Å². The highest BCUT2D eigenvalue weighted by Gasteiger charge is 2.39. The van der Waals surface area contributed by atoms with Crippen LogP contribution in [0.4, 0.5) is 5.69 Å². The lowest BCUT2D eigenvalue weighted by Gasteiger charge is -2.40. The molecule has 0 aliphatic heterocycles. The van der Waals surface area contributed by atoms with Crippen molar-refractivity contribution in [1.29, 1.82) is 0 Å². The number of benzene rings is 1. The first-order chi connectivity index (χ1) is 11.6. The fraction of sp³-hybridized carbons (Fsp3) is 0.333. The Labute approximate surface area is 170 Å². The molecule has 0 saturated heterocycles. The number of guanidine groups is 1. The first-order valence-electron chi connectivity index (χ1n) is 7.95. The Hall–Kier alpha value is -1.54. The molecule has 0 unspecified atom stereocenters. The summed E-state index contributed by atoms with van der Waals surface area (Å²) in [6, 6.07) is 11.4. The Balaban J connectivity index is 0.00000225. The van der Waals surface area contributed by atoms with Crippen LogP contribution in [0.3, 0.4) is 0 Å². The average Bonchev–Trinajstić information content (AvgIpc) is 2.55. The van der Waals surface area contributed by atoms with Gasteiger partial charge in [0.05, 0.1) is 18.7 Å². The van der Waals surface area contributed by atoms with E-state index in [4.69, 9.17) is 22.1 Å². The van der Waals surface area contributed by atoms with E-state index in [2.05, 4.69) is 21.4 Å². The number of pyridine rings is 1. The standard InChI is InChI=1S/C18H21ClN4O.HI/c1-24-15-7-6-13(11-14(15)19)23-17(20)22-12-18(8-4-9-18)16-5-2-3-10-21-16;/h2-3,5-7,10-11H,4,8-9,12H2,1H3,(H3,20,22,23);1H. The summed E-state index contributed by atoms with van der Waals surface area (Å²) >= 11 is 6.12. The predicted octanol–water partition coefficient (Wildman–Crippen LogP) is 4.21. The van der Waals surface area contributed by atoms with Crippen LogP contribution in [-0.4, -0.2) is 24.6 Å². The van der Waals surface area contributed by atoms with Gasteiger partial charge in [-0.1, -0.05) is 24.1 Å². The van der Waals surface area contributed by atoms with Crippen LogP contribution in [0.1, 0.15) is 25.0 Å². The Morgan fingerprint density at radius 1 is 1.36 bits per heavy atom. The zero-order valence-corrected chi connectivity index (χ0v) is 17.1. The van der Waals surface area contributed by atoms with Crippen molar-refractivity contribution in [2.45, 2.75) is 24.7 Å². The largest absolute Gasteiger partial charge is 0.495 e. The van der Waals surface area contributed by atoms with Crippen molar-refractivity contribution in [3.05, 3.63) is 53.3 Å². The van der Waals surface area contributed by atoms with Crippen molar-refractivity contribution in [1.82, 2.24) is 4.98 Å². The van der Waals surface area contributed by atoms with E-state index in [0.717, 1.165) is 24.2 Å². The zero-order valence-electron chi connectivity index (χ0n) is 14.0. The van der Waals surface area contributed by atoms with Gasteiger partial charge in [-0.15, -0.1) is 24.0 Å². The molecule has 1 aromatic heterocycles. The molecule has 3 rings (SSSR count). The number of nitrogens with two attached hydrogens (primary N) is 1. The molecule has 0 radical (unpaired) electrons. The fourth-order valence-corrected chi connectivity index (χ4v) is 3.20. The van der Waals surface area contributed by atoms with Crippen LogP contribution in [0.2, 0.25) is 5.02 Å². The van der Waals surface area contributed by atoms with Crippen molar-refractivity contribution in [3.8, 4) is 5.75 Å². The molecule has 1 saturated carbocycles. The second-order valence-electron chi connectivity index (χ2n) is 6.02. The van der Waals surface area contributed by atoms with Crippen molar-refractivity contribution in [2.75, 3.05) is 19.0 Å². The number of rotatable bonds is 5. The molecule has 5 nitrogen and oxygen atoms in total. The Morgan fingerprint density at radius 3 is 2.72 bits per heavy atom. The smallest absolute Gasteiger partial charge is 0.193 e. The Bertz CT molecular complexity index is 735. The van der Waals surface area contributed by atoms with Gasteiger partial charge in [0.25, 0.3) is 0 Å². The highest BCUT2D eigenvalue weighted by Crippen LogP contribution is 2.43. The summed E-state index contributed by atoms with van der Waals surface area (Å²) in [7, 11) is 1.58. The van der Waals surface area contributed by atoms with Gasteiger partial charge in [-0.3, -0.25) is 9.98 Å². The molecule has 0 atom stereocenters. The number of ether oxygens (including phenoxy) is 1. The van der Waals surface area contributed by atoms with Crippen molar-refractivity contribution in [2.24, 2.45) is 10.7 Å². The molecule has 1 heterocycles. The van der Waals surface area contributed by atoms with Crippen LogP contribution >= 0.6 is 35.6 Å². The van der Waals surface area contributed by atoms with E-state index in [9.17, 15) is 0 Å². The SMILES string of the molecule is COc1ccc(NC(N)=NCC2(c3ccccn3)CCC2)cc1Cl.I. The number of anilines is 1.